The van der Waals surface area contributed by atoms with Gasteiger partial charge in [0, 0.05) is 27.2 Å². The average molecular weight is 212 g/mol. The van der Waals surface area contributed by atoms with E-state index < -0.39 is 5.92 Å². The van der Waals surface area contributed by atoms with Gasteiger partial charge in [-0.2, -0.15) is 5.26 Å². The Morgan fingerprint density at radius 1 is 1.33 bits per heavy atom. The minimum Gasteiger partial charge on any atom is -0.353 e. The van der Waals surface area contributed by atoms with Crippen molar-refractivity contribution in [3.05, 3.63) is 0 Å². The zero-order chi connectivity index (χ0) is 11.8. The molecule has 0 fully saturated rings. The van der Waals surface area contributed by atoms with E-state index in [4.69, 9.17) is 5.26 Å². The van der Waals surface area contributed by atoms with Crippen LogP contribution in [0.15, 0.2) is 0 Å². The Kier molecular flexibility index (Phi) is 5.86. The molecule has 15 heavy (non-hydrogen) atoms. The third kappa shape index (κ3) is 5.52. The first-order valence-corrected chi connectivity index (χ1v) is 4.61. The van der Waals surface area contributed by atoms with Crippen molar-refractivity contribution in [1.82, 2.24) is 15.5 Å². The molecule has 0 rings (SSSR count). The van der Waals surface area contributed by atoms with Crippen LogP contribution in [-0.2, 0) is 4.79 Å². The summed E-state index contributed by atoms with van der Waals surface area (Å²) in [6.07, 6.45) is 0. The van der Waals surface area contributed by atoms with Crippen LogP contribution in [0.2, 0.25) is 0 Å². The van der Waals surface area contributed by atoms with Gasteiger partial charge in [0.25, 0.3) is 0 Å². The van der Waals surface area contributed by atoms with Crippen molar-refractivity contribution in [1.29, 1.82) is 5.26 Å². The molecule has 0 spiro atoms. The summed E-state index contributed by atoms with van der Waals surface area (Å²) in [5, 5.41) is 13.6. The summed E-state index contributed by atoms with van der Waals surface area (Å²) in [6.45, 7) is 2.19. The van der Waals surface area contributed by atoms with Crippen LogP contribution in [0.1, 0.15) is 6.92 Å². The lowest BCUT2D eigenvalue weighted by molar-refractivity contribution is -0.122. The maximum absolute atomic E-state index is 11.1. The molecule has 0 heterocycles. The maximum atomic E-state index is 11.1. The Balaban J connectivity index is 3.60. The second kappa shape index (κ2) is 6.65. The van der Waals surface area contributed by atoms with Crippen molar-refractivity contribution >= 4 is 11.9 Å². The largest absolute Gasteiger partial charge is 0.353 e. The van der Waals surface area contributed by atoms with E-state index in [2.05, 4.69) is 10.6 Å². The van der Waals surface area contributed by atoms with Gasteiger partial charge in [0.05, 0.1) is 6.07 Å². The number of nitriles is 1. The number of carbonyl (C=O) groups is 2. The highest BCUT2D eigenvalue weighted by atomic mass is 16.2. The molecular weight excluding hydrogens is 196 g/mol. The summed E-state index contributed by atoms with van der Waals surface area (Å²) < 4.78 is 0. The van der Waals surface area contributed by atoms with Gasteiger partial charge < -0.3 is 15.5 Å². The SMILES string of the molecule is CC(C#N)C(=O)NCCNC(=O)N(C)C. The molecule has 1 atom stereocenters. The van der Waals surface area contributed by atoms with Gasteiger partial charge >= 0.3 is 6.03 Å². The summed E-state index contributed by atoms with van der Waals surface area (Å²) in [4.78, 5) is 23.5. The molecule has 2 N–H and O–H groups in total. The van der Waals surface area contributed by atoms with E-state index in [-0.39, 0.29) is 11.9 Å². The van der Waals surface area contributed by atoms with Crippen LogP contribution in [0.25, 0.3) is 0 Å². The molecule has 0 saturated heterocycles. The molecule has 6 nitrogen and oxygen atoms in total. The third-order valence-electron chi connectivity index (χ3n) is 1.69. The molecule has 0 aromatic heterocycles. The Bertz CT molecular complexity index is 270. The zero-order valence-electron chi connectivity index (χ0n) is 9.20. The monoisotopic (exact) mass is 212 g/mol. The summed E-state index contributed by atoms with van der Waals surface area (Å²) >= 11 is 0. The second-order valence-corrected chi connectivity index (χ2v) is 3.27. The number of nitrogens with zero attached hydrogens (tertiary/aromatic N) is 2. The van der Waals surface area contributed by atoms with Crippen molar-refractivity contribution in [2.24, 2.45) is 5.92 Å². The molecule has 0 bridgehead atoms. The van der Waals surface area contributed by atoms with Gasteiger partial charge in [0.1, 0.15) is 5.92 Å². The van der Waals surface area contributed by atoms with Crippen LogP contribution in [0, 0.1) is 17.2 Å². The van der Waals surface area contributed by atoms with E-state index in [1.165, 1.54) is 11.8 Å². The van der Waals surface area contributed by atoms with Gasteiger partial charge in [-0.05, 0) is 6.92 Å². The molecular formula is C9H16N4O2. The molecule has 0 saturated carbocycles. The Morgan fingerprint density at radius 2 is 1.87 bits per heavy atom. The zero-order valence-corrected chi connectivity index (χ0v) is 9.20. The fraction of sp³-hybridized carbons (Fsp3) is 0.667. The lowest BCUT2D eigenvalue weighted by Gasteiger charge is -2.12. The Labute approximate surface area is 89.2 Å². The van der Waals surface area contributed by atoms with Crippen LogP contribution in [0.4, 0.5) is 4.79 Å². The van der Waals surface area contributed by atoms with Crippen molar-refractivity contribution in [3.63, 3.8) is 0 Å². The van der Waals surface area contributed by atoms with Crippen LogP contribution in [0.5, 0.6) is 0 Å². The van der Waals surface area contributed by atoms with Crippen molar-refractivity contribution in [3.8, 4) is 6.07 Å². The Hall–Kier alpha value is -1.77. The smallest absolute Gasteiger partial charge is 0.316 e. The van der Waals surface area contributed by atoms with E-state index in [1.54, 1.807) is 14.1 Å². The summed E-state index contributed by atoms with van der Waals surface area (Å²) in [5.74, 6) is -0.980. The lowest BCUT2D eigenvalue weighted by Crippen LogP contribution is -2.40. The fourth-order valence-corrected chi connectivity index (χ4v) is 0.725. The van der Waals surface area contributed by atoms with Gasteiger partial charge in [0.2, 0.25) is 5.91 Å². The van der Waals surface area contributed by atoms with E-state index in [0.717, 1.165) is 0 Å². The number of carbonyl (C=O) groups excluding carboxylic acids is 2. The summed E-state index contributed by atoms with van der Waals surface area (Å²) in [7, 11) is 3.26. The summed E-state index contributed by atoms with van der Waals surface area (Å²) in [5.41, 5.74) is 0. The highest BCUT2D eigenvalue weighted by Gasteiger charge is 2.10. The molecule has 0 radical (unpaired) electrons. The molecule has 0 aromatic carbocycles. The van der Waals surface area contributed by atoms with Gasteiger partial charge in [-0.3, -0.25) is 4.79 Å². The number of nitrogens with one attached hydrogen (secondary N) is 2. The van der Waals surface area contributed by atoms with E-state index in [0.29, 0.717) is 13.1 Å². The quantitative estimate of drug-likeness (QED) is 0.618. The highest BCUT2D eigenvalue weighted by Crippen LogP contribution is 1.89. The molecule has 0 aliphatic carbocycles. The first-order valence-electron chi connectivity index (χ1n) is 4.61. The summed E-state index contributed by atoms with van der Waals surface area (Å²) in [6, 6.07) is 1.61. The molecule has 0 aliphatic heterocycles. The first kappa shape index (κ1) is 13.2. The van der Waals surface area contributed by atoms with Crippen molar-refractivity contribution in [2.45, 2.75) is 6.92 Å². The normalized spacial score (nSPS) is 11.1. The van der Waals surface area contributed by atoms with E-state index in [1.807, 2.05) is 6.07 Å². The Morgan fingerprint density at radius 3 is 2.33 bits per heavy atom. The van der Waals surface area contributed by atoms with Gasteiger partial charge in [-0.1, -0.05) is 0 Å². The van der Waals surface area contributed by atoms with Gasteiger partial charge in [-0.25, -0.2) is 4.79 Å². The molecule has 6 heteroatoms. The van der Waals surface area contributed by atoms with Crippen molar-refractivity contribution < 1.29 is 9.59 Å². The van der Waals surface area contributed by atoms with E-state index in [9.17, 15) is 9.59 Å². The van der Waals surface area contributed by atoms with Crippen LogP contribution < -0.4 is 10.6 Å². The third-order valence-corrected chi connectivity index (χ3v) is 1.69. The number of amides is 3. The predicted molar refractivity (Wildman–Crippen MR) is 54.9 cm³/mol. The number of hydrogen-bond acceptors (Lipinski definition) is 3. The molecule has 1 unspecified atom stereocenters. The lowest BCUT2D eigenvalue weighted by atomic mass is 10.2. The van der Waals surface area contributed by atoms with E-state index >= 15 is 0 Å². The topological polar surface area (TPSA) is 85.2 Å². The standard InChI is InChI=1S/C9H16N4O2/c1-7(6-10)8(14)11-4-5-12-9(15)13(2)3/h7H,4-5H2,1-3H3,(H,11,14)(H,12,15). The van der Waals surface area contributed by atoms with Crippen LogP contribution in [0.3, 0.4) is 0 Å². The van der Waals surface area contributed by atoms with Gasteiger partial charge in [-0.15, -0.1) is 0 Å². The molecule has 84 valence electrons. The minimum atomic E-state index is -0.658. The predicted octanol–water partition coefficient (Wildman–Crippen LogP) is -0.467. The number of rotatable bonds is 4. The maximum Gasteiger partial charge on any atom is 0.316 e. The highest BCUT2D eigenvalue weighted by molar-refractivity contribution is 5.80. The van der Waals surface area contributed by atoms with Gasteiger partial charge in [0.15, 0.2) is 0 Å². The minimum absolute atomic E-state index is 0.211. The molecule has 0 aromatic rings. The number of urea groups is 1. The van der Waals surface area contributed by atoms with Crippen LogP contribution in [-0.4, -0.2) is 44.0 Å². The molecule has 0 aliphatic rings. The average Bonchev–Trinajstić information content (AvgIpc) is 2.22. The number of hydrogen-bond donors (Lipinski definition) is 2. The first-order chi connectivity index (χ1) is 6.99. The fourth-order valence-electron chi connectivity index (χ4n) is 0.725. The second-order valence-electron chi connectivity index (χ2n) is 3.27. The molecule has 3 amide bonds. The van der Waals surface area contributed by atoms with Crippen LogP contribution >= 0.6 is 0 Å². The van der Waals surface area contributed by atoms with Crippen molar-refractivity contribution in [2.75, 3.05) is 27.2 Å².